The fourth-order valence-electron chi connectivity index (χ4n) is 2.09. The number of carbonyl (C=O) groups is 1. The summed E-state index contributed by atoms with van der Waals surface area (Å²) in [5, 5.41) is 2.82. The van der Waals surface area contributed by atoms with Crippen molar-refractivity contribution in [1.29, 1.82) is 0 Å². The number of thiazole rings is 1. The first-order chi connectivity index (χ1) is 10.9. The van der Waals surface area contributed by atoms with E-state index in [1.54, 1.807) is 25.3 Å². The Labute approximate surface area is 144 Å². The zero-order valence-electron chi connectivity index (χ0n) is 13.5. The zero-order chi connectivity index (χ0) is 17.0. The number of aromatic nitrogens is 1. The Hall–Kier alpha value is -1.79. The molecule has 1 amide bonds. The highest BCUT2D eigenvalue weighted by molar-refractivity contribution is 7.16. The molecule has 0 fully saturated rings. The minimum absolute atomic E-state index is 0.299. The molecular weight excluding hydrogens is 336 g/mol. The fraction of sp³-hybridized carbons (Fsp3) is 0.375. The van der Waals surface area contributed by atoms with E-state index < -0.39 is 0 Å². The molecule has 0 aliphatic heterocycles. The van der Waals surface area contributed by atoms with Crippen LogP contribution in [0.2, 0.25) is 4.47 Å². The van der Waals surface area contributed by atoms with Crippen LogP contribution in [0.15, 0.2) is 18.2 Å². The standard InChI is InChI=1S/C16H19ClN2O3S/c1-9(2)7-13-14(19-16(17)23-13)15(20)18-11-6-5-10(21-3)8-12(11)22-4/h5-6,8-9H,7H2,1-4H3,(H,18,20). The van der Waals surface area contributed by atoms with Gasteiger partial charge in [0.25, 0.3) is 5.91 Å². The second kappa shape index (κ2) is 7.66. The maximum Gasteiger partial charge on any atom is 0.275 e. The van der Waals surface area contributed by atoms with Crippen LogP contribution in [0.4, 0.5) is 5.69 Å². The van der Waals surface area contributed by atoms with Crippen molar-refractivity contribution < 1.29 is 14.3 Å². The average molecular weight is 355 g/mol. The maximum atomic E-state index is 12.5. The van der Waals surface area contributed by atoms with Gasteiger partial charge in [0.1, 0.15) is 17.2 Å². The van der Waals surface area contributed by atoms with E-state index >= 15 is 0 Å². The third kappa shape index (κ3) is 4.36. The molecule has 0 radical (unpaired) electrons. The zero-order valence-corrected chi connectivity index (χ0v) is 15.0. The lowest BCUT2D eigenvalue weighted by atomic mass is 10.1. The van der Waals surface area contributed by atoms with Crippen LogP contribution in [-0.4, -0.2) is 25.1 Å². The molecule has 0 saturated heterocycles. The molecule has 0 bridgehead atoms. The second-order valence-electron chi connectivity index (χ2n) is 5.36. The SMILES string of the molecule is COc1ccc(NC(=O)c2nc(Cl)sc2CC(C)C)c(OC)c1. The van der Waals surface area contributed by atoms with Crippen LogP contribution >= 0.6 is 22.9 Å². The number of halogens is 1. The summed E-state index contributed by atoms with van der Waals surface area (Å²) < 4.78 is 10.8. The van der Waals surface area contributed by atoms with E-state index in [2.05, 4.69) is 24.1 Å². The fourth-order valence-corrected chi connectivity index (χ4v) is 3.45. The van der Waals surface area contributed by atoms with Gasteiger partial charge in [-0.25, -0.2) is 4.98 Å². The van der Waals surface area contributed by atoms with Gasteiger partial charge in [0, 0.05) is 10.9 Å². The highest BCUT2D eigenvalue weighted by atomic mass is 35.5. The summed E-state index contributed by atoms with van der Waals surface area (Å²) in [5.74, 6) is 1.28. The van der Waals surface area contributed by atoms with Crippen LogP contribution in [-0.2, 0) is 6.42 Å². The van der Waals surface area contributed by atoms with Crippen molar-refractivity contribution in [3.63, 3.8) is 0 Å². The Balaban J connectivity index is 2.26. The molecule has 1 aromatic heterocycles. The van der Waals surface area contributed by atoms with Gasteiger partial charge < -0.3 is 14.8 Å². The van der Waals surface area contributed by atoms with E-state index in [0.717, 1.165) is 11.3 Å². The van der Waals surface area contributed by atoms with E-state index in [9.17, 15) is 4.79 Å². The summed E-state index contributed by atoms with van der Waals surface area (Å²) in [6, 6.07) is 5.19. The summed E-state index contributed by atoms with van der Waals surface area (Å²) in [5.41, 5.74) is 0.921. The molecule has 1 aromatic carbocycles. The number of nitrogens with zero attached hydrogens (tertiary/aromatic N) is 1. The van der Waals surface area contributed by atoms with Crippen LogP contribution < -0.4 is 14.8 Å². The van der Waals surface area contributed by atoms with Crippen molar-refractivity contribution in [1.82, 2.24) is 4.98 Å². The molecule has 2 aromatic rings. The molecule has 0 spiro atoms. The van der Waals surface area contributed by atoms with Crippen LogP contribution in [0.25, 0.3) is 0 Å². The molecule has 0 saturated carbocycles. The number of methoxy groups -OCH3 is 2. The number of ether oxygens (including phenoxy) is 2. The maximum absolute atomic E-state index is 12.5. The first kappa shape index (κ1) is 17.6. The van der Waals surface area contributed by atoms with Gasteiger partial charge in [0.05, 0.1) is 19.9 Å². The summed E-state index contributed by atoms with van der Waals surface area (Å²) in [7, 11) is 3.11. The number of hydrogen-bond donors (Lipinski definition) is 1. The lowest BCUT2D eigenvalue weighted by Crippen LogP contribution is -2.15. The quantitative estimate of drug-likeness (QED) is 0.841. The van der Waals surface area contributed by atoms with E-state index in [1.165, 1.54) is 18.4 Å². The summed E-state index contributed by atoms with van der Waals surface area (Å²) in [6.45, 7) is 4.17. The summed E-state index contributed by atoms with van der Waals surface area (Å²) in [6.07, 6.45) is 0.757. The third-order valence-electron chi connectivity index (χ3n) is 3.14. The summed E-state index contributed by atoms with van der Waals surface area (Å²) in [4.78, 5) is 17.6. The first-order valence-electron chi connectivity index (χ1n) is 7.13. The first-order valence-corrected chi connectivity index (χ1v) is 8.32. The van der Waals surface area contributed by atoms with E-state index in [0.29, 0.717) is 33.3 Å². The van der Waals surface area contributed by atoms with Crippen LogP contribution in [0, 0.1) is 5.92 Å². The number of nitrogens with one attached hydrogen (secondary N) is 1. The molecule has 23 heavy (non-hydrogen) atoms. The second-order valence-corrected chi connectivity index (χ2v) is 7.02. The molecular formula is C16H19ClN2O3S. The Morgan fingerprint density at radius 3 is 2.70 bits per heavy atom. The molecule has 0 unspecified atom stereocenters. The van der Waals surface area contributed by atoms with Crippen molar-refractivity contribution in [3.05, 3.63) is 33.2 Å². The van der Waals surface area contributed by atoms with Crippen molar-refractivity contribution in [2.24, 2.45) is 5.92 Å². The van der Waals surface area contributed by atoms with Crippen LogP contribution in [0.3, 0.4) is 0 Å². The normalized spacial score (nSPS) is 10.7. The molecule has 1 N–H and O–H groups in total. The minimum atomic E-state index is -0.299. The molecule has 2 rings (SSSR count). The largest absolute Gasteiger partial charge is 0.497 e. The Bertz CT molecular complexity index is 701. The smallest absolute Gasteiger partial charge is 0.275 e. The average Bonchev–Trinajstić information content (AvgIpc) is 2.87. The van der Waals surface area contributed by atoms with Gasteiger partial charge in [0.15, 0.2) is 4.47 Å². The van der Waals surface area contributed by atoms with Crippen LogP contribution in [0.1, 0.15) is 29.2 Å². The van der Waals surface area contributed by atoms with E-state index in [-0.39, 0.29) is 5.91 Å². The molecule has 5 nitrogen and oxygen atoms in total. The van der Waals surface area contributed by atoms with Gasteiger partial charge in [-0.2, -0.15) is 0 Å². The Morgan fingerprint density at radius 1 is 1.35 bits per heavy atom. The molecule has 0 aliphatic rings. The number of rotatable bonds is 6. The monoisotopic (exact) mass is 354 g/mol. The van der Waals surface area contributed by atoms with Gasteiger partial charge in [0.2, 0.25) is 0 Å². The van der Waals surface area contributed by atoms with Crippen LogP contribution in [0.5, 0.6) is 11.5 Å². The Morgan fingerprint density at radius 2 is 2.09 bits per heavy atom. The van der Waals surface area contributed by atoms with Gasteiger partial charge in [-0.1, -0.05) is 25.4 Å². The van der Waals surface area contributed by atoms with E-state index in [1.807, 2.05) is 0 Å². The number of hydrogen-bond acceptors (Lipinski definition) is 5. The highest BCUT2D eigenvalue weighted by Crippen LogP contribution is 2.31. The number of carbonyl (C=O) groups excluding carboxylic acids is 1. The van der Waals surface area contributed by atoms with Crippen molar-refractivity contribution in [2.75, 3.05) is 19.5 Å². The van der Waals surface area contributed by atoms with Gasteiger partial charge in [-0.3, -0.25) is 4.79 Å². The van der Waals surface area contributed by atoms with Gasteiger partial charge >= 0.3 is 0 Å². The topological polar surface area (TPSA) is 60.5 Å². The number of benzene rings is 1. The third-order valence-corrected chi connectivity index (χ3v) is 4.32. The predicted molar refractivity (Wildman–Crippen MR) is 93.2 cm³/mol. The molecule has 0 atom stereocenters. The van der Waals surface area contributed by atoms with Crippen molar-refractivity contribution in [3.8, 4) is 11.5 Å². The minimum Gasteiger partial charge on any atom is -0.497 e. The predicted octanol–water partition coefficient (Wildman–Crippen LogP) is 4.26. The lowest BCUT2D eigenvalue weighted by molar-refractivity contribution is 0.102. The Kier molecular flexibility index (Phi) is 5.85. The summed E-state index contributed by atoms with van der Waals surface area (Å²) >= 11 is 7.32. The number of anilines is 1. The van der Waals surface area contributed by atoms with Gasteiger partial charge in [-0.05, 0) is 24.5 Å². The molecule has 0 aliphatic carbocycles. The molecule has 1 heterocycles. The molecule has 124 valence electrons. The van der Waals surface area contributed by atoms with E-state index in [4.69, 9.17) is 21.1 Å². The number of amides is 1. The highest BCUT2D eigenvalue weighted by Gasteiger charge is 2.19. The molecule has 7 heteroatoms. The van der Waals surface area contributed by atoms with Gasteiger partial charge in [-0.15, -0.1) is 11.3 Å². The lowest BCUT2D eigenvalue weighted by Gasteiger charge is -2.11. The van der Waals surface area contributed by atoms with Crippen molar-refractivity contribution in [2.45, 2.75) is 20.3 Å². The van der Waals surface area contributed by atoms with Crippen molar-refractivity contribution >= 4 is 34.5 Å².